The normalized spacial score (nSPS) is 13.2. The second-order valence-corrected chi connectivity index (χ2v) is 4.83. The van der Waals surface area contributed by atoms with E-state index < -0.39 is 24.1 Å². The van der Waals surface area contributed by atoms with Crippen molar-refractivity contribution in [2.24, 2.45) is 0 Å². The summed E-state index contributed by atoms with van der Waals surface area (Å²) in [4.78, 5) is 11.2. The number of ether oxygens (including phenoxy) is 1. The Kier molecular flexibility index (Phi) is 4.42. The molecule has 0 fully saturated rings. The molecule has 0 spiro atoms. The molecule has 0 heterocycles. The van der Waals surface area contributed by atoms with Crippen molar-refractivity contribution < 1.29 is 22.7 Å². The van der Waals surface area contributed by atoms with E-state index in [1.165, 1.54) is 0 Å². The van der Waals surface area contributed by atoms with Gasteiger partial charge in [0, 0.05) is 5.56 Å². The van der Waals surface area contributed by atoms with Crippen LogP contribution in [0.4, 0.5) is 13.2 Å². The number of aryl methyl sites for hydroxylation is 1. The highest BCUT2D eigenvalue weighted by Gasteiger charge is 2.45. The number of benzene rings is 2. The van der Waals surface area contributed by atoms with Gasteiger partial charge in [0.25, 0.3) is 0 Å². The molecule has 1 unspecified atom stereocenters. The van der Waals surface area contributed by atoms with Gasteiger partial charge in [-0.1, -0.05) is 36.4 Å². The summed E-state index contributed by atoms with van der Waals surface area (Å²) in [7, 11) is 0. The molecule has 0 amide bonds. The van der Waals surface area contributed by atoms with E-state index in [9.17, 15) is 18.0 Å². The molecule has 0 aromatic heterocycles. The van der Waals surface area contributed by atoms with Gasteiger partial charge >= 0.3 is 12.1 Å². The van der Waals surface area contributed by atoms with Gasteiger partial charge in [-0.3, -0.25) is 4.79 Å². The summed E-state index contributed by atoms with van der Waals surface area (Å²) < 4.78 is 44.4. The zero-order valence-corrected chi connectivity index (χ0v) is 11.8. The fraction of sp³-hybridized carbons (Fsp3) is 0.267. The summed E-state index contributed by atoms with van der Waals surface area (Å²) in [5.41, 5.74) is 0.345. The average molecular weight is 317 g/mol. The maximum absolute atomic E-state index is 13.3. The van der Waals surface area contributed by atoms with E-state index >= 15 is 0 Å². The first-order chi connectivity index (χ1) is 9.84. The zero-order valence-electron chi connectivity index (χ0n) is 11.1. The Bertz CT molecular complexity index is 668. The maximum Gasteiger partial charge on any atom is 0.429 e. The molecule has 0 saturated carbocycles. The first-order valence-corrected chi connectivity index (χ1v) is 6.68. The van der Waals surface area contributed by atoms with Crippen LogP contribution in [0.1, 0.15) is 17.2 Å². The molecule has 0 aliphatic heterocycles. The summed E-state index contributed by atoms with van der Waals surface area (Å²) in [6.07, 6.45) is -7.04. The number of carbonyl (C=O) groups is 1. The fourth-order valence-electron chi connectivity index (χ4n) is 2.20. The Morgan fingerprint density at radius 2 is 1.90 bits per heavy atom. The first-order valence-electron chi connectivity index (χ1n) is 6.15. The number of rotatable bonds is 3. The minimum atomic E-state index is -4.71. The van der Waals surface area contributed by atoms with E-state index in [1.54, 1.807) is 43.3 Å². The SMILES string of the molecule is Cc1ccc2ccccc2c1C(OC(=O)CCl)C(F)(F)F. The standard InChI is InChI=1S/C15H12ClF3O2/c1-9-6-7-10-4-2-3-5-11(10)13(9)14(15(17,18)19)21-12(20)8-16/h2-7,14H,8H2,1H3. The van der Waals surface area contributed by atoms with E-state index in [1.807, 2.05) is 0 Å². The number of esters is 1. The van der Waals surface area contributed by atoms with E-state index in [0.717, 1.165) is 0 Å². The molecule has 2 aromatic carbocycles. The molecule has 2 rings (SSSR count). The van der Waals surface area contributed by atoms with Crippen molar-refractivity contribution >= 4 is 28.3 Å². The largest absolute Gasteiger partial charge is 0.447 e. The second-order valence-electron chi connectivity index (χ2n) is 4.56. The lowest BCUT2D eigenvalue weighted by Crippen LogP contribution is -2.27. The van der Waals surface area contributed by atoms with Gasteiger partial charge in [-0.25, -0.2) is 0 Å². The van der Waals surface area contributed by atoms with Gasteiger partial charge < -0.3 is 4.74 Å². The number of fused-ring (bicyclic) bond motifs is 1. The van der Waals surface area contributed by atoms with E-state index in [0.29, 0.717) is 16.3 Å². The summed E-state index contributed by atoms with van der Waals surface area (Å²) in [6, 6.07) is 9.95. The Morgan fingerprint density at radius 3 is 2.52 bits per heavy atom. The minimum Gasteiger partial charge on any atom is -0.447 e. The molecule has 0 saturated heterocycles. The molecule has 21 heavy (non-hydrogen) atoms. The van der Waals surface area contributed by atoms with Crippen LogP contribution < -0.4 is 0 Å². The smallest absolute Gasteiger partial charge is 0.429 e. The van der Waals surface area contributed by atoms with Gasteiger partial charge in [0.05, 0.1) is 0 Å². The molecule has 0 aliphatic carbocycles. The van der Waals surface area contributed by atoms with E-state index in [-0.39, 0.29) is 5.56 Å². The molecule has 0 radical (unpaired) electrons. The molecular formula is C15H12ClF3O2. The van der Waals surface area contributed by atoms with Crippen LogP contribution in [0, 0.1) is 6.92 Å². The number of carbonyl (C=O) groups excluding carboxylic acids is 1. The van der Waals surface area contributed by atoms with Crippen molar-refractivity contribution in [3.8, 4) is 0 Å². The molecule has 0 aliphatic rings. The van der Waals surface area contributed by atoms with Crippen molar-refractivity contribution in [3.63, 3.8) is 0 Å². The van der Waals surface area contributed by atoms with Gasteiger partial charge in [-0.15, -0.1) is 11.6 Å². The van der Waals surface area contributed by atoms with Crippen molar-refractivity contribution in [2.45, 2.75) is 19.2 Å². The lowest BCUT2D eigenvalue weighted by atomic mass is 9.95. The number of hydrogen-bond acceptors (Lipinski definition) is 2. The lowest BCUT2D eigenvalue weighted by molar-refractivity contribution is -0.222. The van der Waals surface area contributed by atoms with Crippen molar-refractivity contribution in [1.29, 1.82) is 0 Å². The van der Waals surface area contributed by atoms with Crippen LogP contribution in [0.3, 0.4) is 0 Å². The third-order valence-electron chi connectivity index (χ3n) is 3.11. The molecule has 0 N–H and O–H groups in total. The molecule has 0 bridgehead atoms. The summed E-state index contributed by atoms with van der Waals surface area (Å²) in [5.74, 6) is -1.73. The predicted octanol–water partition coefficient (Wildman–Crippen LogP) is 4.53. The van der Waals surface area contributed by atoms with Crippen molar-refractivity contribution in [1.82, 2.24) is 0 Å². The fourth-order valence-corrected chi connectivity index (χ4v) is 2.27. The summed E-state index contributed by atoms with van der Waals surface area (Å²) in [5, 5.41) is 1.05. The highest BCUT2D eigenvalue weighted by Crippen LogP contribution is 2.40. The Balaban J connectivity index is 2.64. The van der Waals surface area contributed by atoms with Crippen LogP contribution >= 0.6 is 11.6 Å². The second kappa shape index (κ2) is 5.93. The molecule has 112 valence electrons. The Hall–Kier alpha value is -1.75. The van der Waals surface area contributed by atoms with Gasteiger partial charge in [-0.2, -0.15) is 13.2 Å². The number of hydrogen-bond donors (Lipinski definition) is 0. The van der Waals surface area contributed by atoms with Crippen LogP contribution in [-0.2, 0) is 9.53 Å². The van der Waals surface area contributed by atoms with Crippen LogP contribution in [0.2, 0.25) is 0 Å². The average Bonchev–Trinajstić information content (AvgIpc) is 2.44. The molecule has 2 nitrogen and oxygen atoms in total. The molecule has 1 atom stereocenters. The van der Waals surface area contributed by atoms with E-state index in [4.69, 9.17) is 11.6 Å². The quantitative estimate of drug-likeness (QED) is 0.614. The molecule has 6 heteroatoms. The van der Waals surface area contributed by atoms with Crippen LogP contribution in [-0.4, -0.2) is 18.0 Å². The van der Waals surface area contributed by atoms with Crippen LogP contribution in [0.15, 0.2) is 36.4 Å². The van der Waals surface area contributed by atoms with Crippen molar-refractivity contribution in [3.05, 3.63) is 47.5 Å². The van der Waals surface area contributed by atoms with Crippen molar-refractivity contribution in [2.75, 3.05) is 5.88 Å². The summed E-state index contributed by atoms with van der Waals surface area (Å²) >= 11 is 5.25. The van der Waals surface area contributed by atoms with E-state index in [2.05, 4.69) is 4.74 Å². The Labute approximate surface area is 124 Å². The van der Waals surface area contributed by atoms with Gasteiger partial charge in [0.15, 0.2) is 0 Å². The summed E-state index contributed by atoms with van der Waals surface area (Å²) in [6.45, 7) is 1.55. The highest BCUT2D eigenvalue weighted by atomic mass is 35.5. The molecule has 2 aromatic rings. The van der Waals surface area contributed by atoms with Crippen LogP contribution in [0.5, 0.6) is 0 Å². The third kappa shape index (κ3) is 3.29. The predicted molar refractivity (Wildman–Crippen MR) is 74.3 cm³/mol. The van der Waals surface area contributed by atoms with Gasteiger partial charge in [0.2, 0.25) is 6.10 Å². The minimum absolute atomic E-state index is 0.0564. The number of halogens is 4. The van der Waals surface area contributed by atoms with Gasteiger partial charge in [0.1, 0.15) is 5.88 Å². The Morgan fingerprint density at radius 1 is 1.24 bits per heavy atom. The van der Waals surface area contributed by atoms with Crippen LogP contribution in [0.25, 0.3) is 10.8 Å². The maximum atomic E-state index is 13.3. The zero-order chi connectivity index (χ0) is 15.6. The lowest BCUT2D eigenvalue weighted by Gasteiger charge is -2.23. The topological polar surface area (TPSA) is 26.3 Å². The highest BCUT2D eigenvalue weighted by molar-refractivity contribution is 6.26. The molecular weight excluding hydrogens is 305 g/mol. The first kappa shape index (κ1) is 15.6. The van der Waals surface area contributed by atoms with Gasteiger partial charge in [-0.05, 0) is 23.3 Å². The third-order valence-corrected chi connectivity index (χ3v) is 3.32. The number of alkyl halides is 4. The monoisotopic (exact) mass is 316 g/mol.